The quantitative estimate of drug-likeness (QED) is 0.487. The molecular formula is C29H33N3O6. The van der Waals surface area contributed by atoms with E-state index in [0.29, 0.717) is 30.4 Å². The Balaban J connectivity index is 1.43. The van der Waals surface area contributed by atoms with Crippen LogP contribution in [0, 0.1) is 6.92 Å². The lowest BCUT2D eigenvalue weighted by atomic mass is 9.99. The number of hydrogen-bond donors (Lipinski definition) is 2. The number of hydrogen-bond acceptors (Lipinski definition) is 7. The van der Waals surface area contributed by atoms with Crippen molar-refractivity contribution in [3.8, 4) is 11.5 Å². The monoisotopic (exact) mass is 519 g/mol. The Bertz CT molecular complexity index is 1340. The molecule has 1 fully saturated rings. The third-order valence-electron chi connectivity index (χ3n) is 6.82. The normalized spacial score (nSPS) is 17.2. The van der Waals surface area contributed by atoms with Crippen molar-refractivity contribution in [3.63, 3.8) is 0 Å². The van der Waals surface area contributed by atoms with Gasteiger partial charge in [-0.2, -0.15) is 0 Å². The van der Waals surface area contributed by atoms with Crippen LogP contribution in [0.1, 0.15) is 42.5 Å². The van der Waals surface area contributed by atoms with E-state index in [-0.39, 0.29) is 18.2 Å². The summed E-state index contributed by atoms with van der Waals surface area (Å²) in [4.78, 5) is 27.8. The van der Waals surface area contributed by atoms with Crippen LogP contribution in [0.2, 0.25) is 0 Å². The van der Waals surface area contributed by atoms with E-state index in [4.69, 9.17) is 18.6 Å². The van der Waals surface area contributed by atoms with Crippen molar-refractivity contribution in [2.75, 3.05) is 43.6 Å². The van der Waals surface area contributed by atoms with Crippen LogP contribution in [0.3, 0.4) is 0 Å². The first kappa shape index (κ1) is 25.7. The number of furan rings is 1. The van der Waals surface area contributed by atoms with Crippen molar-refractivity contribution in [2.24, 2.45) is 0 Å². The molecule has 38 heavy (non-hydrogen) atoms. The summed E-state index contributed by atoms with van der Waals surface area (Å²) in [5, 5.41) is 6.04. The number of fused-ring (bicyclic) bond motifs is 1. The van der Waals surface area contributed by atoms with Gasteiger partial charge in [0.2, 0.25) is 5.91 Å². The van der Waals surface area contributed by atoms with E-state index in [1.165, 1.54) is 0 Å². The molecule has 2 amide bonds. The van der Waals surface area contributed by atoms with Crippen molar-refractivity contribution in [1.82, 2.24) is 5.32 Å². The first-order valence-electron chi connectivity index (χ1n) is 12.7. The lowest BCUT2D eigenvalue weighted by molar-refractivity contribution is -0.129. The van der Waals surface area contributed by atoms with Gasteiger partial charge in [0.25, 0.3) is 5.91 Å². The maximum atomic E-state index is 13.4. The van der Waals surface area contributed by atoms with Gasteiger partial charge >= 0.3 is 0 Å². The zero-order chi connectivity index (χ0) is 26.9. The average Bonchev–Trinajstić information content (AvgIpc) is 3.34. The predicted molar refractivity (Wildman–Crippen MR) is 143 cm³/mol. The maximum Gasteiger partial charge on any atom is 0.268 e. The molecule has 9 heteroatoms. The Hall–Kier alpha value is -3.98. The summed E-state index contributed by atoms with van der Waals surface area (Å²) in [5.74, 6) is 2.31. The van der Waals surface area contributed by atoms with Crippen LogP contribution < -0.4 is 25.0 Å². The Kier molecular flexibility index (Phi) is 7.03. The van der Waals surface area contributed by atoms with Gasteiger partial charge < -0.3 is 34.2 Å². The molecule has 1 aromatic heterocycles. The highest BCUT2D eigenvalue weighted by Crippen LogP contribution is 2.36. The SMILES string of the molecule is COc1ccc(C(NC(=O)Cc2ccc3c(c2)OC(C)(C)C(=O)N3)c2ccc(C)o2)c(N2CCOCC2)c1. The second-order valence-electron chi connectivity index (χ2n) is 10.0. The molecule has 2 aromatic carbocycles. The molecule has 0 radical (unpaired) electrons. The number of amides is 2. The molecule has 1 atom stereocenters. The molecule has 5 rings (SSSR count). The van der Waals surface area contributed by atoms with Crippen molar-refractivity contribution >= 4 is 23.2 Å². The predicted octanol–water partition coefficient (Wildman–Crippen LogP) is 3.99. The number of rotatable bonds is 7. The van der Waals surface area contributed by atoms with E-state index < -0.39 is 11.6 Å². The molecule has 0 aliphatic carbocycles. The second-order valence-corrected chi connectivity index (χ2v) is 10.0. The van der Waals surface area contributed by atoms with Crippen molar-refractivity contribution in [2.45, 2.75) is 38.8 Å². The molecule has 9 nitrogen and oxygen atoms in total. The summed E-state index contributed by atoms with van der Waals surface area (Å²) >= 11 is 0. The fraction of sp³-hybridized carbons (Fsp3) is 0.379. The minimum Gasteiger partial charge on any atom is -0.497 e. The molecule has 1 unspecified atom stereocenters. The van der Waals surface area contributed by atoms with Gasteiger partial charge in [-0.1, -0.05) is 12.1 Å². The summed E-state index contributed by atoms with van der Waals surface area (Å²) in [6.45, 7) is 8.03. The summed E-state index contributed by atoms with van der Waals surface area (Å²) in [5.41, 5.74) is 2.25. The highest BCUT2D eigenvalue weighted by molar-refractivity contribution is 6.00. The van der Waals surface area contributed by atoms with Crippen LogP contribution in [0.25, 0.3) is 0 Å². The Morgan fingerprint density at radius 3 is 2.63 bits per heavy atom. The molecule has 2 N–H and O–H groups in total. The van der Waals surface area contributed by atoms with E-state index in [9.17, 15) is 9.59 Å². The third-order valence-corrected chi connectivity index (χ3v) is 6.82. The topological polar surface area (TPSA) is 102 Å². The van der Waals surface area contributed by atoms with Gasteiger partial charge in [-0.05, 0) is 56.7 Å². The lowest BCUT2D eigenvalue weighted by Gasteiger charge is -2.32. The minimum absolute atomic E-state index is 0.129. The highest BCUT2D eigenvalue weighted by atomic mass is 16.5. The molecule has 200 valence electrons. The Morgan fingerprint density at radius 2 is 1.92 bits per heavy atom. The van der Waals surface area contributed by atoms with Gasteiger partial charge in [-0.25, -0.2) is 0 Å². The van der Waals surface area contributed by atoms with Gasteiger partial charge in [0.1, 0.15) is 29.1 Å². The number of nitrogens with zero attached hydrogens (tertiary/aromatic N) is 1. The second kappa shape index (κ2) is 10.4. The van der Waals surface area contributed by atoms with Gasteiger partial charge in [0, 0.05) is 30.4 Å². The van der Waals surface area contributed by atoms with Crippen LogP contribution in [-0.2, 0) is 20.7 Å². The van der Waals surface area contributed by atoms with Gasteiger partial charge in [-0.3, -0.25) is 9.59 Å². The summed E-state index contributed by atoms with van der Waals surface area (Å²) in [7, 11) is 1.64. The Morgan fingerprint density at radius 1 is 1.13 bits per heavy atom. The van der Waals surface area contributed by atoms with Crippen LogP contribution in [0.15, 0.2) is 52.9 Å². The summed E-state index contributed by atoms with van der Waals surface area (Å²) in [6, 6.07) is 14.5. The largest absolute Gasteiger partial charge is 0.497 e. The van der Waals surface area contributed by atoms with Gasteiger partial charge in [-0.15, -0.1) is 0 Å². The van der Waals surface area contributed by atoms with Crippen molar-refractivity contribution in [3.05, 3.63) is 71.2 Å². The maximum absolute atomic E-state index is 13.4. The first-order chi connectivity index (χ1) is 18.2. The number of nitrogens with one attached hydrogen (secondary N) is 2. The fourth-order valence-electron chi connectivity index (χ4n) is 4.74. The van der Waals surface area contributed by atoms with Crippen LogP contribution in [-0.4, -0.2) is 50.8 Å². The summed E-state index contributed by atoms with van der Waals surface area (Å²) in [6.07, 6.45) is 0.129. The smallest absolute Gasteiger partial charge is 0.268 e. The lowest BCUT2D eigenvalue weighted by Crippen LogP contribution is -2.45. The number of methoxy groups -OCH3 is 1. The van der Waals surface area contributed by atoms with Crippen molar-refractivity contribution < 1.29 is 28.2 Å². The third kappa shape index (κ3) is 5.33. The number of benzene rings is 2. The van der Waals surface area contributed by atoms with Gasteiger partial charge in [0.15, 0.2) is 5.60 Å². The Labute approximate surface area is 222 Å². The molecule has 0 saturated carbocycles. The number of carbonyl (C=O) groups excluding carboxylic acids is 2. The van der Waals surface area contributed by atoms with Crippen LogP contribution in [0.4, 0.5) is 11.4 Å². The molecule has 2 aliphatic rings. The molecular weight excluding hydrogens is 486 g/mol. The molecule has 1 saturated heterocycles. The van der Waals surface area contributed by atoms with Gasteiger partial charge in [0.05, 0.1) is 32.4 Å². The molecule has 0 spiro atoms. The highest BCUT2D eigenvalue weighted by Gasteiger charge is 2.35. The standard InChI is InChI=1S/C29H33N3O6/c1-18-5-10-24(37-18)27(21-8-7-20(35-4)17-23(21)32-11-13-36-14-12-32)31-26(33)16-19-6-9-22-25(15-19)38-29(2,3)28(34)30-22/h5-10,15,17,27H,11-14,16H2,1-4H3,(H,30,34)(H,31,33). The number of ether oxygens (including phenoxy) is 3. The molecule has 0 bridgehead atoms. The molecule has 3 heterocycles. The van der Waals surface area contributed by atoms with E-state index in [0.717, 1.165) is 41.4 Å². The van der Waals surface area contributed by atoms with E-state index in [2.05, 4.69) is 15.5 Å². The van der Waals surface area contributed by atoms with E-state index in [1.54, 1.807) is 33.1 Å². The van der Waals surface area contributed by atoms with Crippen LogP contribution in [0.5, 0.6) is 11.5 Å². The summed E-state index contributed by atoms with van der Waals surface area (Å²) < 4.78 is 23.0. The average molecular weight is 520 g/mol. The van der Waals surface area contributed by atoms with Crippen molar-refractivity contribution in [1.29, 1.82) is 0 Å². The molecule has 2 aliphatic heterocycles. The van der Waals surface area contributed by atoms with Crippen LogP contribution >= 0.6 is 0 Å². The fourth-order valence-corrected chi connectivity index (χ4v) is 4.74. The minimum atomic E-state index is -0.986. The zero-order valence-electron chi connectivity index (χ0n) is 22.1. The van der Waals surface area contributed by atoms with E-state index in [1.807, 2.05) is 43.3 Å². The molecule has 3 aromatic rings. The number of aryl methyl sites for hydroxylation is 1. The number of carbonyl (C=O) groups is 2. The zero-order valence-corrected chi connectivity index (χ0v) is 22.1. The number of morpholine rings is 1. The number of anilines is 2. The van der Waals surface area contributed by atoms with E-state index >= 15 is 0 Å². The first-order valence-corrected chi connectivity index (χ1v) is 12.7.